The fraction of sp³-hybridized carbons (Fsp3) is 0.350. The maximum Gasteiger partial charge on any atom is 0.222 e. The monoisotopic (exact) mass is 308 g/mol. The lowest BCUT2D eigenvalue weighted by atomic mass is 10.1. The van der Waals surface area contributed by atoms with Crippen molar-refractivity contribution >= 4 is 11.6 Å². The summed E-state index contributed by atoms with van der Waals surface area (Å²) in [6, 6.07) is 17.1. The zero-order valence-electron chi connectivity index (χ0n) is 13.9. The van der Waals surface area contributed by atoms with E-state index in [9.17, 15) is 4.79 Å². The van der Waals surface area contributed by atoms with E-state index in [2.05, 4.69) is 60.5 Å². The van der Waals surface area contributed by atoms with Gasteiger partial charge in [0.1, 0.15) is 0 Å². The van der Waals surface area contributed by atoms with E-state index >= 15 is 0 Å². The van der Waals surface area contributed by atoms with Crippen LogP contribution in [-0.4, -0.2) is 18.5 Å². The highest BCUT2D eigenvalue weighted by molar-refractivity contribution is 5.77. The third-order valence-corrected chi connectivity index (χ3v) is 4.67. The molecule has 1 heterocycles. The number of carbonyl (C=O) groups is 1. The second-order valence-electron chi connectivity index (χ2n) is 6.33. The lowest BCUT2D eigenvalue weighted by Crippen LogP contribution is -2.34. The van der Waals surface area contributed by atoms with E-state index in [1.54, 1.807) is 0 Å². The first-order valence-electron chi connectivity index (χ1n) is 8.31. The van der Waals surface area contributed by atoms with Crippen LogP contribution in [0.25, 0.3) is 0 Å². The third kappa shape index (κ3) is 3.55. The first kappa shape index (κ1) is 15.6. The van der Waals surface area contributed by atoms with E-state index in [4.69, 9.17) is 0 Å². The van der Waals surface area contributed by atoms with Crippen LogP contribution >= 0.6 is 0 Å². The molecular formula is C20H24N2O. The summed E-state index contributed by atoms with van der Waals surface area (Å²) in [6.07, 6.45) is 1.60. The number of carbonyl (C=O) groups excluding carboxylic acids is 1. The fourth-order valence-corrected chi connectivity index (χ4v) is 3.28. The molecule has 1 aliphatic heterocycles. The van der Waals surface area contributed by atoms with Gasteiger partial charge in [0.2, 0.25) is 5.91 Å². The smallest absolute Gasteiger partial charge is 0.222 e. The lowest BCUT2D eigenvalue weighted by molar-refractivity contribution is -0.121. The Bertz CT molecular complexity index is 696. The van der Waals surface area contributed by atoms with Crippen LogP contribution in [0, 0.1) is 6.92 Å². The van der Waals surface area contributed by atoms with Gasteiger partial charge in [0.15, 0.2) is 0 Å². The van der Waals surface area contributed by atoms with E-state index in [-0.39, 0.29) is 5.91 Å². The zero-order valence-corrected chi connectivity index (χ0v) is 13.9. The van der Waals surface area contributed by atoms with Crippen LogP contribution in [0.5, 0.6) is 0 Å². The highest BCUT2D eigenvalue weighted by Crippen LogP contribution is 2.31. The summed E-state index contributed by atoms with van der Waals surface area (Å²) < 4.78 is 0. The zero-order chi connectivity index (χ0) is 16.2. The molecule has 2 aromatic carbocycles. The van der Waals surface area contributed by atoms with Crippen LogP contribution in [-0.2, 0) is 17.8 Å². The SMILES string of the molecule is Cc1ccccc1CNC(=O)CCN1c2ccccc2CC1C. The van der Waals surface area contributed by atoms with Crippen molar-refractivity contribution in [3.63, 3.8) is 0 Å². The first-order valence-corrected chi connectivity index (χ1v) is 8.31. The van der Waals surface area contributed by atoms with Crippen molar-refractivity contribution in [3.8, 4) is 0 Å². The minimum Gasteiger partial charge on any atom is -0.368 e. The van der Waals surface area contributed by atoms with Gasteiger partial charge in [-0.3, -0.25) is 4.79 Å². The van der Waals surface area contributed by atoms with Gasteiger partial charge in [-0.15, -0.1) is 0 Å². The topological polar surface area (TPSA) is 32.3 Å². The van der Waals surface area contributed by atoms with Gasteiger partial charge in [0, 0.05) is 31.2 Å². The van der Waals surface area contributed by atoms with Crippen LogP contribution in [0.2, 0.25) is 0 Å². The summed E-state index contributed by atoms with van der Waals surface area (Å²) in [6.45, 7) is 5.69. The number of hydrogen-bond acceptors (Lipinski definition) is 2. The molecule has 1 aliphatic rings. The van der Waals surface area contributed by atoms with Crippen molar-refractivity contribution in [2.24, 2.45) is 0 Å². The summed E-state index contributed by atoms with van der Waals surface area (Å²) in [4.78, 5) is 14.5. The minimum absolute atomic E-state index is 0.116. The number of anilines is 1. The highest BCUT2D eigenvalue weighted by atomic mass is 16.1. The summed E-state index contributed by atoms with van der Waals surface area (Å²) in [5.74, 6) is 0.116. The molecule has 0 saturated heterocycles. The number of para-hydroxylation sites is 1. The predicted molar refractivity (Wildman–Crippen MR) is 94.6 cm³/mol. The van der Waals surface area contributed by atoms with Crippen molar-refractivity contribution in [2.45, 2.75) is 39.3 Å². The van der Waals surface area contributed by atoms with E-state index < -0.39 is 0 Å². The Balaban J connectivity index is 1.53. The molecule has 0 saturated carbocycles. The summed E-state index contributed by atoms with van der Waals surface area (Å²) >= 11 is 0. The van der Waals surface area contributed by atoms with Crippen molar-refractivity contribution < 1.29 is 4.79 Å². The van der Waals surface area contributed by atoms with Gasteiger partial charge < -0.3 is 10.2 Å². The molecule has 1 atom stereocenters. The second-order valence-corrected chi connectivity index (χ2v) is 6.33. The molecular weight excluding hydrogens is 284 g/mol. The number of nitrogens with one attached hydrogen (secondary N) is 1. The quantitative estimate of drug-likeness (QED) is 0.917. The van der Waals surface area contributed by atoms with Crippen LogP contribution in [0.15, 0.2) is 48.5 Å². The normalized spacial score (nSPS) is 16.3. The van der Waals surface area contributed by atoms with E-state index in [0.717, 1.165) is 13.0 Å². The van der Waals surface area contributed by atoms with Gasteiger partial charge >= 0.3 is 0 Å². The maximum atomic E-state index is 12.2. The number of amides is 1. The first-order chi connectivity index (χ1) is 11.1. The molecule has 0 aliphatic carbocycles. The second kappa shape index (κ2) is 6.86. The van der Waals surface area contributed by atoms with Gasteiger partial charge in [0.25, 0.3) is 0 Å². The molecule has 23 heavy (non-hydrogen) atoms. The van der Waals surface area contributed by atoms with Crippen LogP contribution in [0.4, 0.5) is 5.69 Å². The van der Waals surface area contributed by atoms with Gasteiger partial charge in [-0.25, -0.2) is 0 Å². The highest BCUT2D eigenvalue weighted by Gasteiger charge is 2.25. The number of hydrogen-bond donors (Lipinski definition) is 1. The lowest BCUT2D eigenvalue weighted by Gasteiger charge is -2.24. The summed E-state index contributed by atoms with van der Waals surface area (Å²) in [5.41, 5.74) is 5.07. The predicted octanol–water partition coefficient (Wildman–Crippen LogP) is 3.45. The molecule has 2 aromatic rings. The average molecular weight is 308 g/mol. The van der Waals surface area contributed by atoms with Gasteiger partial charge in [-0.1, -0.05) is 42.5 Å². The van der Waals surface area contributed by atoms with E-state index in [1.807, 2.05) is 12.1 Å². The van der Waals surface area contributed by atoms with Gasteiger partial charge in [-0.05, 0) is 43.0 Å². The summed E-state index contributed by atoms with van der Waals surface area (Å²) in [7, 11) is 0. The van der Waals surface area contributed by atoms with Crippen LogP contribution in [0.3, 0.4) is 0 Å². The van der Waals surface area contributed by atoms with Crippen LogP contribution in [0.1, 0.15) is 30.0 Å². The Kier molecular flexibility index (Phi) is 4.65. The fourth-order valence-electron chi connectivity index (χ4n) is 3.28. The molecule has 3 nitrogen and oxygen atoms in total. The van der Waals surface area contributed by atoms with E-state index in [0.29, 0.717) is 19.0 Å². The number of nitrogens with zero attached hydrogens (tertiary/aromatic N) is 1. The molecule has 1 N–H and O–H groups in total. The molecule has 0 spiro atoms. The minimum atomic E-state index is 0.116. The van der Waals surface area contributed by atoms with Gasteiger partial charge in [-0.2, -0.15) is 0 Å². The Morgan fingerprint density at radius 1 is 1.17 bits per heavy atom. The molecule has 3 heteroatoms. The Hall–Kier alpha value is -2.29. The van der Waals surface area contributed by atoms with Crippen molar-refractivity contribution in [1.82, 2.24) is 5.32 Å². The maximum absolute atomic E-state index is 12.2. The van der Waals surface area contributed by atoms with Crippen molar-refractivity contribution in [3.05, 3.63) is 65.2 Å². The summed E-state index contributed by atoms with van der Waals surface area (Å²) in [5, 5.41) is 3.04. The number of benzene rings is 2. The molecule has 120 valence electrons. The Morgan fingerprint density at radius 3 is 2.74 bits per heavy atom. The third-order valence-electron chi connectivity index (χ3n) is 4.67. The van der Waals surface area contributed by atoms with Gasteiger partial charge in [0.05, 0.1) is 0 Å². The molecule has 0 bridgehead atoms. The largest absolute Gasteiger partial charge is 0.368 e. The van der Waals surface area contributed by atoms with Crippen molar-refractivity contribution in [2.75, 3.05) is 11.4 Å². The standard InChI is InChI=1S/C20H24N2O/c1-15-7-3-4-9-18(15)14-21-20(23)11-12-22-16(2)13-17-8-5-6-10-19(17)22/h3-10,16H,11-14H2,1-2H3,(H,21,23). The molecule has 3 rings (SSSR count). The van der Waals surface area contributed by atoms with E-state index in [1.165, 1.54) is 22.4 Å². The molecule has 0 aromatic heterocycles. The molecule has 1 amide bonds. The Labute approximate surface area is 138 Å². The number of fused-ring (bicyclic) bond motifs is 1. The molecule has 0 fully saturated rings. The molecule has 0 radical (unpaired) electrons. The van der Waals surface area contributed by atoms with Crippen LogP contribution < -0.4 is 10.2 Å². The Morgan fingerprint density at radius 2 is 1.91 bits per heavy atom. The number of aryl methyl sites for hydroxylation is 1. The average Bonchev–Trinajstić information content (AvgIpc) is 2.87. The number of rotatable bonds is 5. The molecule has 1 unspecified atom stereocenters. The van der Waals surface area contributed by atoms with Crippen molar-refractivity contribution in [1.29, 1.82) is 0 Å².